The third kappa shape index (κ3) is 5.09. The fourth-order valence-electron chi connectivity index (χ4n) is 7.69. The number of fused-ring (bicyclic) bond motifs is 7. The lowest BCUT2D eigenvalue weighted by molar-refractivity contribution is 0.670. The predicted octanol–water partition coefficient (Wildman–Crippen LogP) is 13.6. The molecule has 11 rings (SSSR count). The highest BCUT2D eigenvalue weighted by Crippen LogP contribution is 2.42. The number of hydrogen-bond acceptors (Lipinski definition) is 5. The van der Waals surface area contributed by atoms with Gasteiger partial charge in [-0.1, -0.05) is 140 Å². The zero-order valence-corrected chi connectivity index (χ0v) is 29.7. The van der Waals surface area contributed by atoms with E-state index in [0.29, 0.717) is 17.5 Å². The fourth-order valence-corrected chi connectivity index (χ4v) is 8.78. The summed E-state index contributed by atoms with van der Waals surface area (Å²) in [5.41, 5.74) is 8.92. The third-order valence-electron chi connectivity index (χ3n) is 10.3. The topological polar surface area (TPSA) is 51.8 Å². The summed E-state index contributed by atoms with van der Waals surface area (Å²) in [5, 5.41) is 6.84. The van der Waals surface area contributed by atoms with E-state index < -0.39 is 0 Å². The minimum absolute atomic E-state index is 0.599. The van der Waals surface area contributed by atoms with E-state index >= 15 is 0 Å². The van der Waals surface area contributed by atoms with Crippen LogP contribution >= 0.6 is 11.3 Å². The van der Waals surface area contributed by atoms with Crippen LogP contribution in [-0.4, -0.2) is 15.0 Å². The van der Waals surface area contributed by atoms with Crippen molar-refractivity contribution in [2.45, 2.75) is 0 Å². The zero-order chi connectivity index (χ0) is 35.6. The van der Waals surface area contributed by atoms with Gasteiger partial charge < -0.3 is 4.42 Å². The largest absolute Gasteiger partial charge is 0.455 e. The number of furan rings is 1. The summed E-state index contributed by atoms with van der Waals surface area (Å²) in [6.07, 6.45) is 0. The second-order valence-electron chi connectivity index (χ2n) is 13.6. The van der Waals surface area contributed by atoms with Gasteiger partial charge in [-0.05, 0) is 63.9 Å². The second-order valence-corrected chi connectivity index (χ2v) is 14.7. The van der Waals surface area contributed by atoms with E-state index in [0.717, 1.165) is 60.5 Å². The molecule has 5 heteroatoms. The van der Waals surface area contributed by atoms with Gasteiger partial charge in [0.1, 0.15) is 11.2 Å². The summed E-state index contributed by atoms with van der Waals surface area (Å²) >= 11 is 1.83. The van der Waals surface area contributed by atoms with Crippen LogP contribution in [0.15, 0.2) is 180 Å². The van der Waals surface area contributed by atoms with Crippen LogP contribution in [0.25, 0.3) is 109 Å². The molecule has 54 heavy (non-hydrogen) atoms. The molecule has 0 amide bonds. The molecule has 3 heterocycles. The van der Waals surface area contributed by atoms with Crippen molar-refractivity contribution in [3.63, 3.8) is 0 Å². The van der Waals surface area contributed by atoms with Gasteiger partial charge in [-0.2, -0.15) is 0 Å². The van der Waals surface area contributed by atoms with Gasteiger partial charge in [-0.15, -0.1) is 11.3 Å². The molecule has 0 spiro atoms. The van der Waals surface area contributed by atoms with Crippen molar-refractivity contribution in [2.75, 3.05) is 0 Å². The van der Waals surface area contributed by atoms with Crippen molar-refractivity contribution in [2.24, 2.45) is 0 Å². The molecule has 0 atom stereocenters. The van der Waals surface area contributed by atoms with E-state index in [2.05, 4.69) is 127 Å². The molecule has 0 unspecified atom stereocenters. The van der Waals surface area contributed by atoms with Crippen molar-refractivity contribution >= 4 is 64.2 Å². The molecule has 11 aromatic rings. The first-order valence-corrected chi connectivity index (χ1v) is 18.8. The molecule has 0 radical (unpaired) electrons. The second kappa shape index (κ2) is 12.3. The van der Waals surface area contributed by atoms with Crippen molar-refractivity contribution < 1.29 is 4.42 Å². The Bertz CT molecular complexity index is 3220. The molecule has 0 saturated heterocycles. The van der Waals surface area contributed by atoms with Crippen LogP contribution in [0.5, 0.6) is 0 Å². The van der Waals surface area contributed by atoms with Crippen molar-refractivity contribution in [3.05, 3.63) is 176 Å². The first-order valence-electron chi connectivity index (χ1n) is 18.0. The van der Waals surface area contributed by atoms with E-state index in [9.17, 15) is 0 Å². The van der Waals surface area contributed by atoms with Crippen molar-refractivity contribution in [1.82, 2.24) is 15.0 Å². The highest BCUT2D eigenvalue weighted by atomic mass is 32.1. The van der Waals surface area contributed by atoms with Crippen LogP contribution in [0.1, 0.15) is 0 Å². The molecule has 4 nitrogen and oxygen atoms in total. The molecule has 0 aliphatic rings. The third-order valence-corrected chi connectivity index (χ3v) is 11.5. The fraction of sp³-hybridized carbons (Fsp3) is 0. The summed E-state index contributed by atoms with van der Waals surface area (Å²) in [5.74, 6) is 1.84. The lowest BCUT2D eigenvalue weighted by Crippen LogP contribution is -2.00. The Morgan fingerprint density at radius 1 is 0.370 bits per heavy atom. The Kier molecular flexibility index (Phi) is 7.00. The average Bonchev–Trinajstić information content (AvgIpc) is 3.82. The lowest BCUT2D eigenvalue weighted by Gasteiger charge is -2.10. The SMILES string of the molecule is c1ccc(-c2ccc3ccc(-c4nc(-c5ccccc5)nc(-c5cccc6oc7c(-c8ccc9sc%10ccccc%10c9c8)cccc7c56)n4)cc3c2)cc1. The quantitative estimate of drug-likeness (QED) is 0.179. The molecular formula is C49H29N3OS. The Hall–Kier alpha value is -6.95. The van der Waals surface area contributed by atoms with Gasteiger partial charge in [0.2, 0.25) is 0 Å². The Labute approximate surface area is 314 Å². The molecule has 0 saturated carbocycles. The van der Waals surface area contributed by atoms with Crippen LogP contribution in [-0.2, 0) is 0 Å². The maximum atomic E-state index is 6.74. The summed E-state index contributed by atoms with van der Waals surface area (Å²) in [7, 11) is 0. The van der Waals surface area contributed by atoms with E-state index in [4.69, 9.17) is 19.4 Å². The molecule has 0 fully saturated rings. The van der Waals surface area contributed by atoms with Crippen molar-refractivity contribution in [1.29, 1.82) is 0 Å². The monoisotopic (exact) mass is 707 g/mol. The predicted molar refractivity (Wildman–Crippen MR) is 225 cm³/mol. The summed E-state index contributed by atoms with van der Waals surface area (Å²) in [6, 6.07) is 61.5. The smallest absolute Gasteiger partial charge is 0.164 e. The van der Waals surface area contributed by atoms with E-state index in [-0.39, 0.29) is 0 Å². The molecule has 0 aliphatic heterocycles. The molecule has 0 N–H and O–H groups in total. The molecular weight excluding hydrogens is 679 g/mol. The van der Waals surface area contributed by atoms with Crippen LogP contribution in [0.2, 0.25) is 0 Å². The molecule has 8 aromatic carbocycles. The van der Waals surface area contributed by atoms with Crippen LogP contribution in [0.4, 0.5) is 0 Å². The van der Waals surface area contributed by atoms with Gasteiger partial charge in [0.25, 0.3) is 0 Å². The number of benzene rings is 8. The average molecular weight is 708 g/mol. The molecule has 252 valence electrons. The normalized spacial score (nSPS) is 11.7. The Balaban J connectivity index is 1.09. The number of thiophene rings is 1. The minimum atomic E-state index is 0.599. The number of aromatic nitrogens is 3. The number of rotatable bonds is 5. The number of nitrogens with zero attached hydrogens (tertiary/aromatic N) is 3. The molecule has 0 bridgehead atoms. The van der Waals surface area contributed by atoms with Gasteiger partial charge in [-0.25, -0.2) is 15.0 Å². The summed E-state index contributed by atoms with van der Waals surface area (Å²) in [6.45, 7) is 0. The van der Waals surface area contributed by atoms with Gasteiger partial charge in [-0.3, -0.25) is 0 Å². The van der Waals surface area contributed by atoms with Crippen LogP contribution in [0, 0.1) is 0 Å². The highest BCUT2D eigenvalue weighted by Gasteiger charge is 2.20. The van der Waals surface area contributed by atoms with E-state index in [1.807, 2.05) is 59.9 Å². The zero-order valence-electron chi connectivity index (χ0n) is 28.9. The van der Waals surface area contributed by atoms with Crippen LogP contribution < -0.4 is 0 Å². The maximum Gasteiger partial charge on any atom is 0.164 e. The Morgan fingerprint density at radius 3 is 1.85 bits per heavy atom. The van der Waals surface area contributed by atoms with Gasteiger partial charge >= 0.3 is 0 Å². The number of para-hydroxylation sites is 1. The van der Waals surface area contributed by atoms with E-state index in [1.54, 1.807) is 0 Å². The highest BCUT2D eigenvalue weighted by molar-refractivity contribution is 7.25. The van der Waals surface area contributed by atoms with Gasteiger partial charge in [0.15, 0.2) is 17.5 Å². The first kappa shape index (κ1) is 30.7. The number of hydrogen-bond donors (Lipinski definition) is 0. The van der Waals surface area contributed by atoms with Crippen molar-refractivity contribution in [3.8, 4) is 56.4 Å². The van der Waals surface area contributed by atoms with E-state index in [1.165, 1.54) is 31.3 Å². The Morgan fingerprint density at radius 2 is 1.00 bits per heavy atom. The maximum absolute atomic E-state index is 6.74. The molecule has 3 aromatic heterocycles. The summed E-state index contributed by atoms with van der Waals surface area (Å²) in [4.78, 5) is 15.4. The minimum Gasteiger partial charge on any atom is -0.455 e. The lowest BCUT2D eigenvalue weighted by atomic mass is 9.99. The van der Waals surface area contributed by atoms with Gasteiger partial charge in [0, 0.05) is 53.2 Å². The standard InChI is InChI=1S/C49H29N3OS/c1-3-11-30(12-4-1)33-23-21-31-22-24-35(28-36(31)27-33)48-50-47(32-13-5-2-6-14-32)51-49(52-48)40-18-10-19-42-45(40)39-17-9-16-37(46(39)53-42)34-25-26-44-41(29-34)38-15-7-8-20-43(38)54-44/h1-29H. The van der Waals surface area contributed by atoms with Crippen LogP contribution in [0.3, 0.4) is 0 Å². The molecule has 0 aliphatic carbocycles. The first-order chi connectivity index (χ1) is 26.7. The van der Waals surface area contributed by atoms with Gasteiger partial charge in [0.05, 0.1) is 0 Å². The summed E-state index contributed by atoms with van der Waals surface area (Å²) < 4.78 is 9.31.